The summed E-state index contributed by atoms with van der Waals surface area (Å²) in [5.74, 6) is -1.50. The molecule has 1 heterocycles. The van der Waals surface area contributed by atoms with Crippen LogP contribution in [0.4, 0.5) is 4.79 Å². The smallest absolute Gasteiger partial charge is 0.407 e. The van der Waals surface area contributed by atoms with Crippen LogP contribution >= 0.6 is 0 Å². The Labute approximate surface area is 240 Å². The summed E-state index contributed by atoms with van der Waals surface area (Å²) in [6.07, 6.45) is 1.03. The van der Waals surface area contributed by atoms with Crippen LogP contribution in [0.1, 0.15) is 55.2 Å². The molecule has 0 aromatic heterocycles. The van der Waals surface area contributed by atoms with Crippen LogP contribution in [0.15, 0.2) is 78.9 Å². The summed E-state index contributed by atoms with van der Waals surface area (Å²) < 4.78 is 5.68. The number of nitrogens with zero attached hydrogens (tertiary/aromatic N) is 1. The zero-order chi connectivity index (χ0) is 28.8. The molecule has 0 spiro atoms. The van der Waals surface area contributed by atoms with E-state index in [1.165, 1.54) is 0 Å². The molecule has 0 saturated carbocycles. The van der Waals surface area contributed by atoms with Gasteiger partial charge in [-0.05, 0) is 40.7 Å². The number of carboxylic acids is 1. The van der Waals surface area contributed by atoms with E-state index in [1.54, 1.807) is 0 Å². The Bertz CT molecular complexity index is 1350. The molecule has 1 unspecified atom stereocenters. The topological polar surface area (TPSA) is 108 Å². The maximum Gasteiger partial charge on any atom is 0.407 e. The average Bonchev–Trinajstić information content (AvgIpc) is 3.52. The first kappa shape index (κ1) is 28.4. The van der Waals surface area contributed by atoms with Gasteiger partial charge in [0.05, 0.1) is 0 Å². The Morgan fingerprint density at radius 2 is 1.61 bits per heavy atom. The minimum Gasteiger partial charge on any atom is -0.479 e. The van der Waals surface area contributed by atoms with Crippen molar-refractivity contribution in [1.29, 1.82) is 0 Å². The zero-order valence-electron chi connectivity index (χ0n) is 23.3. The third-order valence-corrected chi connectivity index (χ3v) is 8.12. The zero-order valence-corrected chi connectivity index (χ0v) is 23.3. The predicted molar refractivity (Wildman–Crippen MR) is 156 cm³/mol. The molecule has 1 aliphatic carbocycles. The summed E-state index contributed by atoms with van der Waals surface area (Å²) in [6, 6.07) is 25.7. The van der Waals surface area contributed by atoms with Gasteiger partial charge in [-0.1, -0.05) is 92.2 Å². The Morgan fingerprint density at radius 3 is 2.24 bits per heavy atom. The average molecular weight is 556 g/mol. The van der Waals surface area contributed by atoms with Gasteiger partial charge in [-0.2, -0.15) is 0 Å². The van der Waals surface area contributed by atoms with Crippen LogP contribution in [0.5, 0.6) is 0 Å². The van der Waals surface area contributed by atoms with Gasteiger partial charge in [0.2, 0.25) is 5.91 Å². The van der Waals surface area contributed by atoms with E-state index in [1.807, 2.05) is 66.4 Å². The molecule has 1 fully saturated rings. The highest BCUT2D eigenvalue weighted by Crippen LogP contribution is 2.44. The van der Waals surface area contributed by atoms with Crippen molar-refractivity contribution in [2.75, 3.05) is 19.7 Å². The Hall–Kier alpha value is -4.17. The number of likely N-dealkylation sites (tertiary alicyclic amines) is 1. The molecule has 2 amide bonds. The molecule has 0 radical (unpaired) electrons. The lowest BCUT2D eigenvalue weighted by molar-refractivity contribution is -0.147. The third-order valence-electron chi connectivity index (χ3n) is 8.12. The fourth-order valence-electron chi connectivity index (χ4n) is 6.12. The SMILES string of the molecule is CCC[C@@H](CC(=O)NC1(C(=O)O)CCN(Cc2ccccc2)C1)NC(=O)OCC1c2ccccc2-c2ccccc21. The second-order valence-electron chi connectivity index (χ2n) is 11.0. The summed E-state index contributed by atoms with van der Waals surface area (Å²) in [5, 5.41) is 15.7. The molecule has 1 aliphatic heterocycles. The van der Waals surface area contributed by atoms with Gasteiger partial charge in [0.15, 0.2) is 5.54 Å². The van der Waals surface area contributed by atoms with Crippen LogP contribution in [-0.4, -0.2) is 59.3 Å². The lowest BCUT2D eigenvalue weighted by Crippen LogP contribution is -2.57. The van der Waals surface area contributed by atoms with Crippen molar-refractivity contribution in [3.8, 4) is 11.1 Å². The molecule has 3 N–H and O–H groups in total. The van der Waals surface area contributed by atoms with Crippen LogP contribution in [-0.2, 0) is 20.9 Å². The maximum absolute atomic E-state index is 13.1. The minimum atomic E-state index is -1.35. The molecule has 41 heavy (non-hydrogen) atoms. The van der Waals surface area contributed by atoms with E-state index >= 15 is 0 Å². The molecule has 3 aromatic rings. The first-order chi connectivity index (χ1) is 19.9. The number of fused-ring (bicyclic) bond motifs is 3. The number of hydrogen-bond acceptors (Lipinski definition) is 5. The summed E-state index contributed by atoms with van der Waals surface area (Å²) in [6.45, 7) is 3.57. The molecular formula is C33H37N3O5. The summed E-state index contributed by atoms with van der Waals surface area (Å²) in [4.78, 5) is 40.3. The largest absolute Gasteiger partial charge is 0.479 e. The number of carbonyl (C=O) groups is 3. The van der Waals surface area contributed by atoms with E-state index in [-0.39, 0.29) is 25.5 Å². The van der Waals surface area contributed by atoms with Crippen molar-refractivity contribution in [2.45, 2.75) is 56.7 Å². The van der Waals surface area contributed by atoms with Crippen LogP contribution in [0.3, 0.4) is 0 Å². The lowest BCUT2D eigenvalue weighted by Gasteiger charge is -2.27. The normalized spacial score (nSPS) is 18.8. The minimum absolute atomic E-state index is 0.0221. The van der Waals surface area contributed by atoms with Crippen molar-refractivity contribution < 1.29 is 24.2 Å². The van der Waals surface area contributed by atoms with Crippen molar-refractivity contribution >= 4 is 18.0 Å². The molecule has 2 atom stereocenters. The number of amides is 2. The first-order valence-corrected chi connectivity index (χ1v) is 14.3. The standard InChI is InChI=1S/C33H37N3O5/c1-2-10-24(19-30(37)35-33(31(38)39)17-18-36(22-33)20-23-11-4-3-5-12-23)34-32(40)41-21-29-27-15-8-6-13-25(27)26-14-7-9-16-28(26)29/h3-9,11-16,24,29H,2,10,17-22H2,1H3,(H,34,40)(H,35,37)(H,38,39)/t24-,33?/m0/s1. The molecular weight excluding hydrogens is 518 g/mol. The fraction of sp³-hybridized carbons (Fsp3) is 0.364. The highest BCUT2D eigenvalue weighted by Gasteiger charge is 2.46. The van der Waals surface area contributed by atoms with Crippen LogP contribution in [0.25, 0.3) is 11.1 Å². The molecule has 8 nitrogen and oxygen atoms in total. The first-order valence-electron chi connectivity index (χ1n) is 14.3. The molecule has 2 aliphatic rings. The molecule has 8 heteroatoms. The lowest BCUT2D eigenvalue weighted by atomic mass is 9.97. The van der Waals surface area contributed by atoms with Gasteiger partial charge >= 0.3 is 12.1 Å². The summed E-state index contributed by atoms with van der Waals surface area (Å²) in [7, 11) is 0. The Balaban J connectivity index is 1.17. The quantitative estimate of drug-likeness (QED) is 0.310. The van der Waals surface area contributed by atoms with Gasteiger partial charge in [-0.25, -0.2) is 9.59 Å². The second-order valence-corrected chi connectivity index (χ2v) is 11.0. The van der Waals surface area contributed by atoms with E-state index in [4.69, 9.17) is 4.74 Å². The van der Waals surface area contributed by atoms with Gasteiger partial charge in [0.1, 0.15) is 6.61 Å². The number of nitrogens with one attached hydrogen (secondary N) is 2. The molecule has 0 bridgehead atoms. The second kappa shape index (κ2) is 12.6. The van der Waals surface area contributed by atoms with E-state index in [9.17, 15) is 19.5 Å². The van der Waals surface area contributed by atoms with Crippen LogP contribution in [0, 0.1) is 0 Å². The van der Waals surface area contributed by atoms with Gasteiger partial charge in [-0.3, -0.25) is 9.69 Å². The number of carbonyl (C=O) groups excluding carboxylic acids is 2. The number of aliphatic carboxylic acids is 1. The highest BCUT2D eigenvalue weighted by molar-refractivity contribution is 5.88. The number of benzene rings is 3. The third kappa shape index (κ3) is 6.43. The van der Waals surface area contributed by atoms with E-state index < -0.39 is 29.6 Å². The van der Waals surface area contributed by atoms with E-state index in [0.717, 1.165) is 34.2 Å². The Morgan fingerprint density at radius 1 is 0.976 bits per heavy atom. The van der Waals surface area contributed by atoms with E-state index in [0.29, 0.717) is 25.9 Å². The van der Waals surface area contributed by atoms with Gasteiger partial charge in [-0.15, -0.1) is 0 Å². The number of carboxylic acid groups (broad SMARTS) is 1. The molecule has 3 aromatic carbocycles. The summed E-state index contributed by atoms with van der Waals surface area (Å²) in [5.41, 5.74) is 4.30. The van der Waals surface area contributed by atoms with Crippen molar-refractivity contribution in [2.24, 2.45) is 0 Å². The van der Waals surface area contributed by atoms with E-state index in [2.05, 4.69) is 34.9 Å². The maximum atomic E-state index is 13.1. The fourth-order valence-corrected chi connectivity index (χ4v) is 6.12. The number of alkyl carbamates (subject to hydrolysis) is 1. The number of rotatable bonds is 11. The van der Waals surface area contributed by atoms with Crippen molar-refractivity contribution in [3.05, 3.63) is 95.6 Å². The molecule has 5 rings (SSSR count). The van der Waals surface area contributed by atoms with Crippen LogP contribution < -0.4 is 10.6 Å². The van der Waals surface area contributed by atoms with Gasteiger partial charge in [0.25, 0.3) is 0 Å². The monoisotopic (exact) mass is 555 g/mol. The van der Waals surface area contributed by atoms with Crippen molar-refractivity contribution in [1.82, 2.24) is 15.5 Å². The number of hydrogen-bond donors (Lipinski definition) is 3. The van der Waals surface area contributed by atoms with Crippen LogP contribution in [0.2, 0.25) is 0 Å². The predicted octanol–water partition coefficient (Wildman–Crippen LogP) is 4.93. The highest BCUT2D eigenvalue weighted by atomic mass is 16.5. The Kier molecular flexibility index (Phi) is 8.69. The van der Waals surface area contributed by atoms with Crippen molar-refractivity contribution in [3.63, 3.8) is 0 Å². The summed E-state index contributed by atoms with van der Waals surface area (Å²) >= 11 is 0. The number of ether oxygens (including phenoxy) is 1. The molecule has 214 valence electrons. The van der Waals surface area contributed by atoms with Gasteiger partial charge in [0, 0.05) is 38.0 Å². The van der Waals surface area contributed by atoms with Gasteiger partial charge < -0.3 is 20.5 Å². The molecule has 1 saturated heterocycles.